The smallest absolute Gasteiger partial charge is 0.329 e. The van der Waals surface area contributed by atoms with Crippen molar-refractivity contribution in [2.24, 2.45) is 5.92 Å². The summed E-state index contributed by atoms with van der Waals surface area (Å²) in [5.74, 6) is -0.652. The second-order valence-electron chi connectivity index (χ2n) is 7.97. The molecular formula is C22H22F3N3O2S. The zero-order chi connectivity index (χ0) is 22.3. The van der Waals surface area contributed by atoms with Crippen LogP contribution in [0, 0.1) is 12.8 Å². The van der Waals surface area contributed by atoms with Crippen LogP contribution in [0.5, 0.6) is 0 Å². The van der Waals surface area contributed by atoms with E-state index in [4.69, 9.17) is 0 Å². The molecule has 0 spiro atoms. The molecule has 5 nitrogen and oxygen atoms in total. The van der Waals surface area contributed by atoms with Gasteiger partial charge in [0, 0.05) is 16.5 Å². The number of aromatic nitrogens is 2. The fraction of sp³-hybridized carbons (Fsp3) is 0.409. The minimum absolute atomic E-state index is 0.0767. The number of fused-ring (bicyclic) bond motifs is 1. The maximum absolute atomic E-state index is 13.2. The van der Waals surface area contributed by atoms with Crippen LogP contribution in [0.2, 0.25) is 0 Å². The molecule has 0 bridgehead atoms. The van der Waals surface area contributed by atoms with Gasteiger partial charge in [-0.2, -0.15) is 13.2 Å². The molecule has 1 aliphatic rings. The highest BCUT2D eigenvalue weighted by Gasteiger charge is 2.40. The topological polar surface area (TPSA) is 55.2 Å². The number of halogens is 3. The third kappa shape index (κ3) is 4.51. The van der Waals surface area contributed by atoms with Crippen molar-refractivity contribution in [3.05, 3.63) is 51.9 Å². The summed E-state index contributed by atoms with van der Waals surface area (Å²) in [4.78, 5) is 32.7. The zero-order valence-electron chi connectivity index (χ0n) is 17.1. The Morgan fingerprint density at radius 1 is 1.29 bits per heavy atom. The highest BCUT2D eigenvalue weighted by molar-refractivity contribution is 7.19. The molecule has 0 N–H and O–H groups in total. The Bertz CT molecular complexity index is 1170. The molecule has 0 radical (unpaired) electrons. The lowest BCUT2D eigenvalue weighted by molar-refractivity contribution is -0.166. The predicted octanol–water partition coefficient (Wildman–Crippen LogP) is 4.62. The van der Waals surface area contributed by atoms with E-state index in [0.717, 1.165) is 38.3 Å². The van der Waals surface area contributed by atoms with Crippen LogP contribution in [0.3, 0.4) is 0 Å². The van der Waals surface area contributed by atoms with Gasteiger partial charge in [0.2, 0.25) is 5.91 Å². The maximum atomic E-state index is 13.2. The molecule has 164 valence electrons. The van der Waals surface area contributed by atoms with E-state index in [1.54, 1.807) is 6.92 Å². The van der Waals surface area contributed by atoms with Gasteiger partial charge in [-0.25, -0.2) is 4.98 Å². The van der Waals surface area contributed by atoms with Gasteiger partial charge in [0.1, 0.15) is 17.9 Å². The van der Waals surface area contributed by atoms with Crippen molar-refractivity contribution in [3.8, 4) is 11.1 Å². The molecule has 1 atom stereocenters. The number of nitrogens with zero attached hydrogens (tertiary/aromatic N) is 3. The number of thiophene rings is 1. The summed E-state index contributed by atoms with van der Waals surface area (Å²) in [6.45, 7) is 1.74. The molecule has 2 aromatic heterocycles. The Hall–Kier alpha value is -2.68. The number of alkyl halides is 3. The van der Waals surface area contributed by atoms with Gasteiger partial charge in [-0.15, -0.1) is 11.3 Å². The van der Waals surface area contributed by atoms with Crippen molar-refractivity contribution in [1.29, 1.82) is 0 Å². The Balaban J connectivity index is 1.70. The number of carbonyl (C=O) groups excluding carboxylic acids is 1. The minimum Gasteiger partial charge on any atom is -0.329 e. The molecule has 4 rings (SSSR count). The lowest BCUT2D eigenvalue weighted by Gasteiger charge is -2.30. The summed E-state index contributed by atoms with van der Waals surface area (Å²) < 4.78 is 40.4. The van der Waals surface area contributed by atoms with Crippen molar-refractivity contribution >= 4 is 27.5 Å². The molecule has 0 aliphatic heterocycles. The summed E-state index contributed by atoms with van der Waals surface area (Å²) in [7, 11) is 0. The molecule has 1 aromatic carbocycles. The van der Waals surface area contributed by atoms with Gasteiger partial charge < -0.3 is 4.90 Å². The highest BCUT2D eigenvalue weighted by Crippen LogP contribution is 2.37. The third-order valence-electron chi connectivity index (χ3n) is 5.69. The SMILES string of the molecule is Cc1sc2ncn(CC(=O)N(CC(F)(F)F)C(C)C3CC3)c(=O)c2c1-c1ccccc1. The lowest BCUT2D eigenvalue weighted by atomic mass is 10.0. The first-order valence-corrected chi connectivity index (χ1v) is 10.9. The summed E-state index contributed by atoms with van der Waals surface area (Å²) in [6, 6.07) is 8.86. The molecule has 0 saturated heterocycles. The number of amides is 1. The van der Waals surface area contributed by atoms with Gasteiger partial charge in [-0.1, -0.05) is 30.3 Å². The summed E-state index contributed by atoms with van der Waals surface area (Å²) in [5, 5.41) is 0.390. The Morgan fingerprint density at radius 3 is 2.58 bits per heavy atom. The first kappa shape index (κ1) is 21.5. The summed E-state index contributed by atoms with van der Waals surface area (Å²) in [5.41, 5.74) is 1.18. The summed E-state index contributed by atoms with van der Waals surface area (Å²) in [6.07, 6.45) is -1.63. The van der Waals surface area contributed by atoms with Crippen molar-refractivity contribution in [1.82, 2.24) is 14.5 Å². The Kier molecular flexibility index (Phi) is 5.63. The molecule has 1 fully saturated rings. The standard InChI is InChI=1S/C22H22F3N3O2S/c1-13(15-8-9-15)28(11-22(23,24)25)17(29)10-27-12-26-20-19(21(27)30)18(14(2)31-20)16-6-4-3-5-7-16/h3-7,12-13,15H,8-11H2,1-2H3. The molecular weight excluding hydrogens is 427 g/mol. The quantitative estimate of drug-likeness (QED) is 0.552. The fourth-order valence-corrected chi connectivity index (χ4v) is 4.93. The third-order valence-corrected chi connectivity index (χ3v) is 6.70. The van der Waals surface area contributed by atoms with Crippen LogP contribution in [0.25, 0.3) is 21.3 Å². The lowest BCUT2D eigenvalue weighted by Crippen LogP contribution is -2.47. The van der Waals surface area contributed by atoms with Crippen molar-refractivity contribution in [3.63, 3.8) is 0 Å². The zero-order valence-corrected chi connectivity index (χ0v) is 18.0. The predicted molar refractivity (Wildman–Crippen MR) is 114 cm³/mol. The van der Waals surface area contributed by atoms with E-state index in [0.29, 0.717) is 10.2 Å². The van der Waals surface area contributed by atoms with Crippen molar-refractivity contribution in [2.45, 2.75) is 45.5 Å². The normalized spacial score (nSPS) is 15.3. The molecule has 1 amide bonds. The van der Waals surface area contributed by atoms with E-state index in [1.807, 2.05) is 37.3 Å². The number of benzene rings is 1. The number of aryl methyl sites for hydroxylation is 1. The van der Waals surface area contributed by atoms with Crippen LogP contribution >= 0.6 is 11.3 Å². The number of rotatable bonds is 6. The number of carbonyl (C=O) groups is 1. The number of hydrogen-bond acceptors (Lipinski definition) is 4. The Morgan fingerprint density at radius 2 is 1.97 bits per heavy atom. The van der Waals surface area contributed by atoms with Crippen LogP contribution in [0.15, 0.2) is 41.5 Å². The number of hydrogen-bond donors (Lipinski definition) is 0. The van der Waals surface area contributed by atoms with Gasteiger partial charge in [0.25, 0.3) is 5.56 Å². The van der Waals surface area contributed by atoms with Gasteiger partial charge in [-0.05, 0) is 38.2 Å². The molecule has 1 unspecified atom stereocenters. The van der Waals surface area contributed by atoms with Gasteiger partial charge in [-0.3, -0.25) is 14.2 Å². The average molecular weight is 449 g/mol. The van der Waals surface area contributed by atoms with E-state index < -0.39 is 36.8 Å². The average Bonchev–Trinajstić information content (AvgIpc) is 3.50. The van der Waals surface area contributed by atoms with Gasteiger partial charge in [0.05, 0.1) is 11.7 Å². The minimum atomic E-state index is -4.50. The Labute approximate surface area is 181 Å². The monoisotopic (exact) mass is 449 g/mol. The maximum Gasteiger partial charge on any atom is 0.406 e. The highest BCUT2D eigenvalue weighted by atomic mass is 32.1. The van der Waals surface area contributed by atoms with Gasteiger partial charge >= 0.3 is 6.18 Å². The van der Waals surface area contributed by atoms with E-state index in [9.17, 15) is 22.8 Å². The molecule has 1 aliphatic carbocycles. The first-order valence-electron chi connectivity index (χ1n) is 10.1. The molecule has 3 aromatic rings. The molecule has 2 heterocycles. The van der Waals surface area contributed by atoms with Crippen molar-refractivity contribution < 1.29 is 18.0 Å². The van der Waals surface area contributed by atoms with Crippen LogP contribution in [0.1, 0.15) is 24.6 Å². The van der Waals surface area contributed by atoms with E-state index >= 15 is 0 Å². The largest absolute Gasteiger partial charge is 0.406 e. The van der Waals surface area contributed by atoms with E-state index in [-0.39, 0.29) is 5.92 Å². The van der Waals surface area contributed by atoms with Crippen LogP contribution in [0.4, 0.5) is 13.2 Å². The van der Waals surface area contributed by atoms with Crippen molar-refractivity contribution in [2.75, 3.05) is 6.54 Å². The van der Waals surface area contributed by atoms with E-state index in [2.05, 4.69) is 4.98 Å². The van der Waals surface area contributed by atoms with Crippen LogP contribution in [-0.2, 0) is 11.3 Å². The fourth-order valence-electron chi connectivity index (χ4n) is 3.92. The van der Waals surface area contributed by atoms with Gasteiger partial charge in [0.15, 0.2) is 0 Å². The molecule has 9 heteroatoms. The van der Waals surface area contributed by atoms with Crippen LogP contribution in [-0.4, -0.2) is 39.1 Å². The second-order valence-corrected chi connectivity index (χ2v) is 9.18. The summed E-state index contributed by atoms with van der Waals surface area (Å²) >= 11 is 1.38. The van der Waals surface area contributed by atoms with E-state index in [1.165, 1.54) is 17.7 Å². The first-order chi connectivity index (χ1) is 14.7. The second kappa shape index (κ2) is 8.11. The van der Waals surface area contributed by atoms with Crippen LogP contribution < -0.4 is 5.56 Å². The molecule has 31 heavy (non-hydrogen) atoms. The molecule has 1 saturated carbocycles.